The molecular formula is C11H9FN2O. The van der Waals surface area contributed by atoms with E-state index in [1.54, 1.807) is 36.7 Å². The zero-order chi connectivity index (χ0) is 10.7. The number of nitrogens with zero attached hydrogens (tertiary/aromatic N) is 2. The van der Waals surface area contributed by atoms with Gasteiger partial charge in [-0.3, -0.25) is 4.98 Å². The largest absolute Gasteiger partial charge is 0.390 e. The standard InChI is InChI=1S/C11H9FN2O/c12-11-10(4-3-9(7-15)14-11)8-2-1-5-13-6-8/h1-6,15H,7H2. The van der Waals surface area contributed by atoms with E-state index in [4.69, 9.17) is 5.11 Å². The van der Waals surface area contributed by atoms with Gasteiger partial charge in [0.05, 0.1) is 12.3 Å². The Morgan fingerprint density at radius 3 is 2.73 bits per heavy atom. The van der Waals surface area contributed by atoms with E-state index in [1.807, 2.05) is 0 Å². The van der Waals surface area contributed by atoms with Crippen molar-refractivity contribution in [2.45, 2.75) is 6.61 Å². The van der Waals surface area contributed by atoms with Crippen molar-refractivity contribution in [1.29, 1.82) is 0 Å². The molecule has 0 amide bonds. The Hall–Kier alpha value is -1.81. The number of aromatic nitrogens is 2. The Kier molecular flexibility index (Phi) is 2.69. The van der Waals surface area contributed by atoms with Gasteiger partial charge in [-0.2, -0.15) is 4.39 Å². The molecule has 0 atom stereocenters. The fourth-order valence-electron chi connectivity index (χ4n) is 1.30. The maximum atomic E-state index is 13.5. The molecule has 15 heavy (non-hydrogen) atoms. The van der Waals surface area contributed by atoms with E-state index in [1.165, 1.54) is 0 Å². The summed E-state index contributed by atoms with van der Waals surface area (Å²) in [4.78, 5) is 7.52. The highest BCUT2D eigenvalue weighted by Gasteiger charge is 2.06. The first-order valence-electron chi connectivity index (χ1n) is 4.48. The van der Waals surface area contributed by atoms with Crippen molar-refractivity contribution in [3.63, 3.8) is 0 Å². The summed E-state index contributed by atoms with van der Waals surface area (Å²) < 4.78 is 13.5. The molecule has 2 heterocycles. The lowest BCUT2D eigenvalue weighted by atomic mass is 10.1. The molecular weight excluding hydrogens is 195 g/mol. The van der Waals surface area contributed by atoms with Crippen molar-refractivity contribution in [2.75, 3.05) is 0 Å². The smallest absolute Gasteiger partial charge is 0.221 e. The summed E-state index contributed by atoms with van der Waals surface area (Å²) in [5, 5.41) is 8.78. The zero-order valence-electron chi connectivity index (χ0n) is 7.89. The third kappa shape index (κ3) is 1.99. The number of hydrogen-bond acceptors (Lipinski definition) is 3. The SMILES string of the molecule is OCc1ccc(-c2cccnc2)c(F)n1. The maximum absolute atomic E-state index is 13.5. The van der Waals surface area contributed by atoms with Gasteiger partial charge in [0.1, 0.15) is 0 Å². The van der Waals surface area contributed by atoms with Gasteiger partial charge >= 0.3 is 0 Å². The predicted octanol–water partition coefficient (Wildman–Crippen LogP) is 1.77. The van der Waals surface area contributed by atoms with Crippen LogP contribution >= 0.6 is 0 Å². The topological polar surface area (TPSA) is 46.0 Å². The summed E-state index contributed by atoms with van der Waals surface area (Å²) >= 11 is 0. The van der Waals surface area contributed by atoms with Crippen LogP contribution in [0, 0.1) is 5.95 Å². The number of rotatable bonds is 2. The quantitative estimate of drug-likeness (QED) is 0.758. The van der Waals surface area contributed by atoms with E-state index < -0.39 is 5.95 Å². The van der Waals surface area contributed by atoms with E-state index in [-0.39, 0.29) is 6.61 Å². The molecule has 0 saturated heterocycles. The number of aliphatic hydroxyl groups is 1. The highest BCUT2D eigenvalue weighted by atomic mass is 19.1. The summed E-state index contributed by atoms with van der Waals surface area (Å²) in [6.45, 7) is -0.260. The summed E-state index contributed by atoms with van der Waals surface area (Å²) in [7, 11) is 0. The fourth-order valence-corrected chi connectivity index (χ4v) is 1.30. The molecule has 0 radical (unpaired) electrons. The molecule has 2 aromatic rings. The summed E-state index contributed by atoms with van der Waals surface area (Å²) in [6, 6.07) is 6.66. The van der Waals surface area contributed by atoms with E-state index in [9.17, 15) is 4.39 Å². The second-order valence-electron chi connectivity index (χ2n) is 3.04. The molecule has 0 spiro atoms. The number of aliphatic hydroxyl groups excluding tert-OH is 1. The Bertz CT molecular complexity index is 459. The van der Waals surface area contributed by atoms with Crippen LogP contribution in [-0.4, -0.2) is 15.1 Å². The molecule has 4 heteroatoms. The number of hydrogen-bond donors (Lipinski definition) is 1. The van der Waals surface area contributed by atoms with Gasteiger partial charge in [-0.05, 0) is 18.2 Å². The van der Waals surface area contributed by atoms with Crippen LogP contribution in [0.4, 0.5) is 4.39 Å². The molecule has 0 unspecified atom stereocenters. The van der Waals surface area contributed by atoms with Gasteiger partial charge in [-0.25, -0.2) is 4.98 Å². The number of halogens is 1. The van der Waals surface area contributed by atoms with E-state index >= 15 is 0 Å². The Morgan fingerprint density at radius 1 is 1.27 bits per heavy atom. The van der Waals surface area contributed by atoms with Gasteiger partial charge in [0.2, 0.25) is 5.95 Å². The molecule has 0 aliphatic carbocycles. The van der Waals surface area contributed by atoms with Gasteiger partial charge in [0, 0.05) is 23.5 Å². The minimum absolute atomic E-state index is 0.260. The van der Waals surface area contributed by atoms with Gasteiger partial charge in [-0.15, -0.1) is 0 Å². The molecule has 0 aromatic carbocycles. The highest BCUT2D eigenvalue weighted by Crippen LogP contribution is 2.20. The average molecular weight is 204 g/mol. The monoisotopic (exact) mass is 204 g/mol. The van der Waals surface area contributed by atoms with Gasteiger partial charge in [0.25, 0.3) is 0 Å². The van der Waals surface area contributed by atoms with Crippen molar-refractivity contribution in [3.8, 4) is 11.1 Å². The van der Waals surface area contributed by atoms with Gasteiger partial charge < -0.3 is 5.11 Å². The van der Waals surface area contributed by atoms with Crippen LogP contribution in [0.5, 0.6) is 0 Å². The molecule has 0 saturated carbocycles. The van der Waals surface area contributed by atoms with E-state index in [0.717, 1.165) is 0 Å². The lowest BCUT2D eigenvalue weighted by Crippen LogP contribution is -1.95. The predicted molar refractivity (Wildman–Crippen MR) is 53.3 cm³/mol. The first-order valence-corrected chi connectivity index (χ1v) is 4.48. The van der Waals surface area contributed by atoms with Gasteiger partial charge in [-0.1, -0.05) is 6.07 Å². The van der Waals surface area contributed by atoms with Crippen LogP contribution in [0.1, 0.15) is 5.69 Å². The molecule has 0 bridgehead atoms. The first kappa shape index (κ1) is 9.73. The molecule has 0 aliphatic rings. The van der Waals surface area contributed by atoms with E-state index in [0.29, 0.717) is 16.8 Å². The second kappa shape index (κ2) is 4.14. The summed E-state index contributed by atoms with van der Waals surface area (Å²) in [5.41, 5.74) is 1.38. The van der Waals surface area contributed by atoms with Crippen LogP contribution in [0.3, 0.4) is 0 Å². The zero-order valence-corrected chi connectivity index (χ0v) is 7.89. The van der Waals surface area contributed by atoms with Crippen molar-refractivity contribution in [2.24, 2.45) is 0 Å². The van der Waals surface area contributed by atoms with Gasteiger partial charge in [0.15, 0.2) is 0 Å². The Morgan fingerprint density at radius 2 is 2.13 bits per heavy atom. The van der Waals surface area contributed by atoms with Crippen LogP contribution in [-0.2, 0) is 6.61 Å². The van der Waals surface area contributed by atoms with Crippen LogP contribution < -0.4 is 0 Å². The summed E-state index contributed by atoms with van der Waals surface area (Å²) in [5.74, 6) is -0.588. The highest BCUT2D eigenvalue weighted by molar-refractivity contribution is 5.61. The van der Waals surface area contributed by atoms with E-state index in [2.05, 4.69) is 9.97 Å². The van der Waals surface area contributed by atoms with Crippen LogP contribution in [0.2, 0.25) is 0 Å². The van der Waals surface area contributed by atoms with Crippen LogP contribution in [0.15, 0.2) is 36.7 Å². The van der Waals surface area contributed by atoms with Crippen molar-refractivity contribution >= 4 is 0 Å². The third-order valence-corrected chi connectivity index (χ3v) is 2.04. The Labute approximate surface area is 86.3 Å². The molecule has 2 rings (SSSR count). The minimum Gasteiger partial charge on any atom is -0.390 e. The van der Waals surface area contributed by atoms with Crippen molar-refractivity contribution < 1.29 is 9.50 Å². The normalized spacial score (nSPS) is 10.3. The fraction of sp³-hybridized carbons (Fsp3) is 0.0909. The van der Waals surface area contributed by atoms with Crippen molar-refractivity contribution in [1.82, 2.24) is 9.97 Å². The third-order valence-electron chi connectivity index (χ3n) is 2.04. The first-order chi connectivity index (χ1) is 7.31. The molecule has 1 N–H and O–H groups in total. The number of pyridine rings is 2. The molecule has 0 fully saturated rings. The molecule has 2 aromatic heterocycles. The molecule has 76 valence electrons. The molecule has 0 aliphatic heterocycles. The van der Waals surface area contributed by atoms with Crippen molar-refractivity contribution in [3.05, 3.63) is 48.3 Å². The average Bonchev–Trinajstić information content (AvgIpc) is 2.30. The lowest BCUT2D eigenvalue weighted by molar-refractivity contribution is 0.275. The maximum Gasteiger partial charge on any atom is 0.221 e. The summed E-state index contributed by atoms with van der Waals surface area (Å²) in [6.07, 6.45) is 3.19. The second-order valence-corrected chi connectivity index (χ2v) is 3.04. The molecule has 3 nitrogen and oxygen atoms in total. The van der Waals surface area contributed by atoms with Crippen LogP contribution in [0.25, 0.3) is 11.1 Å². The Balaban J connectivity index is 2.46. The lowest BCUT2D eigenvalue weighted by Gasteiger charge is -2.03. The minimum atomic E-state index is -0.588.